The summed E-state index contributed by atoms with van der Waals surface area (Å²) in [7, 11) is 1.81. The second-order valence-electron chi connectivity index (χ2n) is 7.28. The lowest BCUT2D eigenvalue weighted by Crippen LogP contribution is -2.48. The third-order valence-corrected chi connectivity index (χ3v) is 5.69. The average molecular weight is 385 g/mol. The van der Waals surface area contributed by atoms with Gasteiger partial charge in [0.15, 0.2) is 5.96 Å². The molecule has 3 rings (SSSR count). The molecule has 2 N–H and O–H groups in total. The van der Waals surface area contributed by atoms with Crippen molar-refractivity contribution in [1.29, 1.82) is 0 Å². The number of benzene rings is 1. The molecule has 0 amide bonds. The normalized spacial score (nSPS) is 16.8. The van der Waals surface area contributed by atoms with Crippen molar-refractivity contribution in [2.45, 2.75) is 51.5 Å². The van der Waals surface area contributed by atoms with E-state index in [1.54, 1.807) is 0 Å². The third kappa shape index (κ3) is 4.55. The summed E-state index contributed by atoms with van der Waals surface area (Å²) in [6.45, 7) is 7.27. The molecule has 0 unspecified atom stereocenters. The van der Waals surface area contributed by atoms with Gasteiger partial charge in [-0.15, -0.1) is 0 Å². The molecule has 6 heteroatoms. The predicted molar refractivity (Wildman–Crippen MR) is 112 cm³/mol. The fourth-order valence-corrected chi connectivity index (χ4v) is 3.90. The Morgan fingerprint density at radius 1 is 1.11 bits per heavy atom. The smallest absolute Gasteiger partial charge is 0.191 e. The van der Waals surface area contributed by atoms with E-state index in [-0.39, 0.29) is 5.41 Å². The molecule has 1 fully saturated rings. The van der Waals surface area contributed by atoms with Gasteiger partial charge in [-0.2, -0.15) is 0 Å². The Kier molecular flexibility index (Phi) is 7.09. The Morgan fingerprint density at radius 3 is 2.50 bits per heavy atom. The summed E-state index contributed by atoms with van der Waals surface area (Å²) in [6, 6.07) is 10.7. The number of aromatic nitrogens is 1. The molecule has 2 heterocycles. The number of hydrogen-bond donors (Lipinski definition) is 2. The fourth-order valence-electron chi connectivity index (χ4n) is 3.90. The number of hydrogen-bond acceptors (Lipinski definition) is 4. The molecular weight excluding hydrogens is 352 g/mol. The van der Waals surface area contributed by atoms with Crippen molar-refractivity contribution in [3.8, 4) is 0 Å². The zero-order valence-electron chi connectivity index (χ0n) is 17.3. The minimum absolute atomic E-state index is 0.0669. The first-order chi connectivity index (χ1) is 13.7. The highest BCUT2D eigenvalue weighted by molar-refractivity contribution is 5.79. The van der Waals surface area contributed by atoms with Crippen LogP contribution in [0.4, 0.5) is 0 Å². The zero-order valence-corrected chi connectivity index (χ0v) is 17.3. The molecule has 6 nitrogen and oxygen atoms in total. The average Bonchev–Trinajstić information content (AvgIpc) is 3.17. The predicted octanol–water partition coefficient (Wildman–Crippen LogP) is 3.21. The molecule has 1 aromatic heterocycles. The maximum absolute atomic E-state index is 5.64. The molecule has 1 aliphatic rings. The van der Waals surface area contributed by atoms with E-state index in [0.717, 1.165) is 68.4 Å². The topological polar surface area (TPSA) is 71.7 Å². The van der Waals surface area contributed by atoms with Gasteiger partial charge in [0.25, 0.3) is 0 Å². The molecule has 0 spiro atoms. The summed E-state index contributed by atoms with van der Waals surface area (Å²) in [4.78, 5) is 4.42. The highest BCUT2D eigenvalue weighted by Gasteiger charge is 2.34. The Balaban J connectivity index is 1.66. The molecule has 28 heavy (non-hydrogen) atoms. The van der Waals surface area contributed by atoms with Gasteiger partial charge in [0.2, 0.25) is 0 Å². The van der Waals surface area contributed by atoms with Crippen LogP contribution in [-0.4, -0.2) is 37.9 Å². The molecule has 0 aliphatic carbocycles. The molecule has 0 radical (unpaired) electrons. The van der Waals surface area contributed by atoms with E-state index in [0.29, 0.717) is 6.54 Å². The largest absolute Gasteiger partial charge is 0.381 e. The maximum atomic E-state index is 5.64. The van der Waals surface area contributed by atoms with Crippen LogP contribution >= 0.6 is 0 Å². The molecule has 0 saturated carbocycles. The number of aryl methyl sites for hydroxylation is 2. The van der Waals surface area contributed by atoms with Gasteiger partial charge < -0.3 is 19.9 Å². The van der Waals surface area contributed by atoms with Crippen molar-refractivity contribution < 1.29 is 9.26 Å². The minimum atomic E-state index is 0.0669. The molecule has 152 valence electrons. The van der Waals surface area contributed by atoms with Gasteiger partial charge in [-0.3, -0.25) is 4.99 Å². The van der Waals surface area contributed by atoms with Gasteiger partial charge in [0, 0.05) is 50.8 Å². The van der Waals surface area contributed by atoms with E-state index in [1.165, 1.54) is 5.56 Å². The van der Waals surface area contributed by atoms with Crippen molar-refractivity contribution in [3.05, 3.63) is 52.9 Å². The molecule has 0 bridgehead atoms. The first kappa shape index (κ1) is 20.4. The van der Waals surface area contributed by atoms with Crippen molar-refractivity contribution >= 4 is 5.96 Å². The Labute approximate surface area is 167 Å². The highest BCUT2D eigenvalue weighted by Crippen LogP contribution is 2.34. The van der Waals surface area contributed by atoms with Crippen LogP contribution in [0, 0.1) is 0 Å². The second kappa shape index (κ2) is 9.73. The first-order valence-electron chi connectivity index (χ1n) is 10.3. The van der Waals surface area contributed by atoms with Crippen LogP contribution in [0.5, 0.6) is 0 Å². The monoisotopic (exact) mass is 384 g/mol. The fraction of sp³-hybridized carbons (Fsp3) is 0.545. The molecule has 1 saturated heterocycles. The van der Waals surface area contributed by atoms with Gasteiger partial charge in [0.1, 0.15) is 5.76 Å². The lowest BCUT2D eigenvalue weighted by atomic mass is 9.74. The van der Waals surface area contributed by atoms with Crippen LogP contribution in [0.1, 0.15) is 49.3 Å². The maximum Gasteiger partial charge on any atom is 0.191 e. The third-order valence-electron chi connectivity index (χ3n) is 5.69. The Morgan fingerprint density at radius 2 is 1.86 bits per heavy atom. The van der Waals surface area contributed by atoms with Gasteiger partial charge in [-0.1, -0.05) is 49.3 Å². The zero-order chi connectivity index (χ0) is 19.8. The van der Waals surface area contributed by atoms with E-state index in [2.05, 4.69) is 65.0 Å². The van der Waals surface area contributed by atoms with Crippen LogP contribution < -0.4 is 10.6 Å². The lowest BCUT2D eigenvalue weighted by molar-refractivity contribution is 0.0514. The van der Waals surface area contributed by atoms with Crippen molar-refractivity contribution in [2.24, 2.45) is 4.99 Å². The molecular formula is C22H32N4O2. The quantitative estimate of drug-likeness (QED) is 0.567. The molecule has 2 aromatic rings. The van der Waals surface area contributed by atoms with Crippen molar-refractivity contribution in [3.63, 3.8) is 0 Å². The summed E-state index contributed by atoms with van der Waals surface area (Å²) >= 11 is 0. The van der Waals surface area contributed by atoms with Gasteiger partial charge in [0.05, 0.1) is 5.69 Å². The summed E-state index contributed by atoms with van der Waals surface area (Å²) in [6.07, 6.45) is 3.72. The van der Waals surface area contributed by atoms with E-state index in [9.17, 15) is 0 Å². The number of nitrogens with zero attached hydrogens (tertiary/aromatic N) is 2. The van der Waals surface area contributed by atoms with Crippen LogP contribution in [0.15, 0.2) is 39.8 Å². The van der Waals surface area contributed by atoms with Crippen LogP contribution in [0.3, 0.4) is 0 Å². The van der Waals surface area contributed by atoms with Gasteiger partial charge >= 0.3 is 0 Å². The SMILES string of the molecule is CCc1noc(CC)c1CNC(=NC)NCC1(c2ccccc2)CCOCC1. The number of nitrogens with one attached hydrogen (secondary N) is 2. The lowest BCUT2D eigenvalue weighted by Gasteiger charge is -2.38. The van der Waals surface area contributed by atoms with Crippen LogP contribution in [0.25, 0.3) is 0 Å². The van der Waals surface area contributed by atoms with Crippen LogP contribution in [0.2, 0.25) is 0 Å². The minimum Gasteiger partial charge on any atom is -0.381 e. The van der Waals surface area contributed by atoms with Gasteiger partial charge in [-0.05, 0) is 24.8 Å². The van der Waals surface area contributed by atoms with E-state index < -0.39 is 0 Å². The second-order valence-corrected chi connectivity index (χ2v) is 7.28. The van der Waals surface area contributed by atoms with E-state index in [4.69, 9.17) is 9.26 Å². The molecule has 1 aromatic carbocycles. The number of ether oxygens (including phenoxy) is 1. The van der Waals surface area contributed by atoms with E-state index >= 15 is 0 Å². The summed E-state index contributed by atoms with van der Waals surface area (Å²) in [5, 5.41) is 11.2. The van der Waals surface area contributed by atoms with Gasteiger partial charge in [-0.25, -0.2) is 0 Å². The van der Waals surface area contributed by atoms with Crippen molar-refractivity contribution in [2.75, 3.05) is 26.8 Å². The standard InChI is InChI=1S/C22H32N4O2/c1-4-19-18(20(5-2)28-26-19)15-24-21(23-3)25-16-22(11-13-27-14-12-22)17-9-7-6-8-10-17/h6-10H,4-5,11-16H2,1-3H3,(H2,23,24,25). The summed E-state index contributed by atoms with van der Waals surface area (Å²) < 4.78 is 11.1. The Hall–Kier alpha value is -2.34. The summed E-state index contributed by atoms with van der Waals surface area (Å²) in [5.41, 5.74) is 3.60. The Bertz CT molecular complexity index is 743. The van der Waals surface area contributed by atoms with E-state index in [1.807, 2.05) is 7.05 Å². The highest BCUT2D eigenvalue weighted by atomic mass is 16.5. The summed E-state index contributed by atoms with van der Waals surface area (Å²) in [5.74, 6) is 1.75. The van der Waals surface area contributed by atoms with Crippen LogP contribution in [-0.2, 0) is 29.5 Å². The number of rotatable bonds is 7. The van der Waals surface area contributed by atoms with Crippen molar-refractivity contribution in [1.82, 2.24) is 15.8 Å². The number of aliphatic imine (C=N–C) groups is 1. The molecule has 0 atom stereocenters. The molecule has 1 aliphatic heterocycles. The number of guanidine groups is 1. The first-order valence-corrected chi connectivity index (χ1v) is 10.3.